The minimum absolute atomic E-state index is 0.0750. The van der Waals surface area contributed by atoms with Gasteiger partial charge in [-0.15, -0.1) is 0 Å². The molecule has 0 aliphatic rings. The Kier molecular flexibility index (Phi) is 4.25. The molecule has 1 rings (SSSR count). The molecule has 0 saturated carbocycles. The highest BCUT2D eigenvalue weighted by Crippen LogP contribution is 2.20. The fourth-order valence-corrected chi connectivity index (χ4v) is 1.08. The SMILES string of the molecule is CCOC(=O)C=Cc1c(F)c(F)cc(F)c1F. The van der Waals surface area contributed by atoms with E-state index >= 15 is 0 Å². The maximum atomic E-state index is 13.1. The second kappa shape index (κ2) is 5.47. The van der Waals surface area contributed by atoms with Crippen molar-refractivity contribution in [1.29, 1.82) is 0 Å². The van der Waals surface area contributed by atoms with Crippen LogP contribution in [0.1, 0.15) is 12.5 Å². The molecule has 0 radical (unpaired) electrons. The van der Waals surface area contributed by atoms with Crippen LogP contribution in [-0.4, -0.2) is 12.6 Å². The predicted octanol–water partition coefficient (Wildman–Crippen LogP) is 2.82. The Morgan fingerprint density at radius 1 is 1.24 bits per heavy atom. The molecular weight excluding hydrogens is 240 g/mol. The summed E-state index contributed by atoms with van der Waals surface area (Å²) in [5, 5.41) is 0. The zero-order valence-electron chi connectivity index (χ0n) is 8.77. The minimum atomic E-state index is -1.57. The summed E-state index contributed by atoms with van der Waals surface area (Å²) in [6.07, 6.45) is 1.30. The molecule has 6 heteroatoms. The summed E-state index contributed by atoms with van der Waals surface area (Å²) in [5.74, 6) is -7.07. The molecular formula is C11H8F4O2. The van der Waals surface area contributed by atoms with Crippen molar-refractivity contribution in [3.63, 3.8) is 0 Å². The molecule has 1 aromatic carbocycles. The number of ether oxygens (including phenoxy) is 1. The van der Waals surface area contributed by atoms with Gasteiger partial charge in [0, 0.05) is 12.1 Å². The van der Waals surface area contributed by atoms with Crippen molar-refractivity contribution >= 4 is 12.0 Å². The summed E-state index contributed by atoms with van der Waals surface area (Å²) in [6, 6.07) is 0.0897. The lowest BCUT2D eigenvalue weighted by Gasteiger charge is -2.02. The minimum Gasteiger partial charge on any atom is -0.463 e. The van der Waals surface area contributed by atoms with Crippen LogP contribution in [-0.2, 0) is 9.53 Å². The molecule has 0 N–H and O–H groups in total. The largest absolute Gasteiger partial charge is 0.463 e. The van der Waals surface area contributed by atoms with Crippen molar-refractivity contribution < 1.29 is 27.1 Å². The van der Waals surface area contributed by atoms with Crippen LogP contribution in [0.25, 0.3) is 6.08 Å². The van der Waals surface area contributed by atoms with Gasteiger partial charge in [0.05, 0.1) is 12.2 Å². The van der Waals surface area contributed by atoms with Crippen molar-refractivity contribution in [2.75, 3.05) is 6.61 Å². The molecule has 17 heavy (non-hydrogen) atoms. The molecule has 1 aromatic rings. The van der Waals surface area contributed by atoms with E-state index in [9.17, 15) is 22.4 Å². The van der Waals surface area contributed by atoms with Crippen molar-refractivity contribution in [3.8, 4) is 0 Å². The summed E-state index contributed by atoms with van der Waals surface area (Å²) < 4.78 is 56.2. The maximum Gasteiger partial charge on any atom is 0.330 e. The molecule has 0 unspecified atom stereocenters. The van der Waals surface area contributed by atoms with Crippen LogP contribution in [0.2, 0.25) is 0 Å². The molecule has 92 valence electrons. The smallest absolute Gasteiger partial charge is 0.330 e. The lowest BCUT2D eigenvalue weighted by atomic mass is 10.1. The van der Waals surface area contributed by atoms with E-state index in [-0.39, 0.29) is 12.7 Å². The van der Waals surface area contributed by atoms with E-state index in [1.165, 1.54) is 6.92 Å². The number of rotatable bonds is 3. The zero-order chi connectivity index (χ0) is 13.0. The predicted molar refractivity (Wildman–Crippen MR) is 51.9 cm³/mol. The van der Waals surface area contributed by atoms with Gasteiger partial charge in [-0.3, -0.25) is 0 Å². The van der Waals surface area contributed by atoms with Crippen molar-refractivity contribution in [2.45, 2.75) is 6.92 Å². The van der Waals surface area contributed by atoms with E-state index in [2.05, 4.69) is 4.74 Å². The van der Waals surface area contributed by atoms with E-state index in [1.807, 2.05) is 0 Å². The lowest BCUT2D eigenvalue weighted by molar-refractivity contribution is -0.137. The van der Waals surface area contributed by atoms with Crippen molar-refractivity contribution in [1.82, 2.24) is 0 Å². The molecule has 2 nitrogen and oxygen atoms in total. The Bertz CT molecular complexity index is 443. The second-order valence-corrected chi connectivity index (χ2v) is 2.97. The number of esters is 1. The van der Waals surface area contributed by atoms with Gasteiger partial charge in [-0.25, -0.2) is 22.4 Å². The van der Waals surface area contributed by atoms with Crippen LogP contribution in [0.3, 0.4) is 0 Å². The topological polar surface area (TPSA) is 26.3 Å². The molecule has 0 spiro atoms. The van der Waals surface area contributed by atoms with Gasteiger partial charge in [0.2, 0.25) is 0 Å². The van der Waals surface area contributed by atoms with Crippen LogP contribution in [0.4, 0.5) is 17.6 Å². The summed E-state index contributed by atoms with van der Waals surface area (Å²) in [7, 11) is 0. The first-order valence-corrected chi connectivity index (χ1v) is 4.65. The van der Waals surface area contributed by atoms with Gasteiger partial charge in [0.15, 0.2) is 23.3 Å². The van der Waals surface area contributed by atoms with E-state index in [1.54, 1.807) is 0 Å². The molecule has 0 amide bonds. The van der Waals surface area contributed by atoms with Crippen LogP contribution < -0.4 is 0 Å². The van der Waals surface area contributed by atoms with Gasteiger partial charge < -0.3 is 4.74 Å². The van der Waals surface area contributed by atoms with Crippen LogP contribution in [0.15, 0.2) is 12.1 Å². The third-order valence-corrected chi connectivity index (χ3v) is 1.82. The highest BCUT2D eigenvalue weighted by atomic mass is 19.2. The lowest BCUT2D eigenvalue weighted by Crippen LogP contribution is -2.01. The fourth-order valence-electron chi connectivity index (χ4n) is 1.08. The van der Waals surface area contributed by atoms with Gasteiger partial charge in [0.1, 0.15) is 0 Å². The van der Waals surface area contributed by atoms with Crippen molar-refractivity contribution in [3.05, 3.63) is 41.0 Å². The first-order valence-electron chi connectivity index (χ1n) is 4.65. The molecule has 0 atom stereocenters. The van der Waals surface area contributed by atoms with E-state index in [0.717, 1.165) is 0 Å². The molecule has 0 heterocycles. The third kappa shape index (κ3) is 3.05. The van der Waals surface area contributed by atoms with Gasteiger partial charge in [0.25, 0.3) is 0 Å². The Morgan fingerprint density at radius 3 is 2.24 bits per heavy atom. The van der Waals surface area contributed by atoms with Gasteiger partial charge in [-0.2, -0.15) is 0 Å². The van der Waals surface area contributed by atoms with Gasteiger partial charge in [-0.1, -0.05) is 0 Å². The Morgan fingerprint density at radius 2 is 1.76 bits per heavy atom. The Balaban J connectivity index is 3.10. The number of benzene rings is 1. The number of carbonyl (C=O) groups excluding carboxylic acids is 1. The third-order valence-electron chi connectivity index (χ3n) is 1.82. The molecule has 0 saturated heterocycles. The van der Waals surface area contributed by atoms with Crippen LogP contribution in [0.5, 0.6) is 0 Å². The Hall–Kier alpha value is -1.85. The summed E-state index contributed by atoms with van der Waals surface area (Å²) in [6.45, 7) is 1.61. The maximum absolute atomic E-state index is 13.1. The Labute approximate surface area is 94.5 Å². The van der Waals surface area contributed by atoms with Crippen LogP contribution in [0, 0.1) is 23.3 Å². The number of halogens is 4. The highest BCUT2D eigenvalue weighted by molar-refractivity contribution is 5.87. The standard InChI is InChI=1S/C11H8F4O2/c1-2-17-9(16)4-3-6-10(14)7(12)5-8(13)11(6)15/h3-5H,2H2,1H3. The fraction of sp³-hybridized carbons (Fsp3) is 0.182. The molecule has 0 aliphatic carbocycles. The van der Waals surface area contributed by atoms with Crippen molar-refractivity contribution in [2.24, 2.45) is 0 Å². The van der Waals surface area contributed by atoms with Gasteiger partial charge in [-0.05, 0) is 13.0 Å². The average molecular weight is 248 g/mol. The molecule has 0 fully saturated rings. The molecule has 0 bridgehead atoms. The van der Waals surface area contributed by atoms with Crippen LogP contribution >= 0.6 is 0 Å². The average Bonchev–Trinajstić information content (AvgIpc) is 2.27. The first-order chi connectivity index (χ1) is 7.97. The second-order valence-electron chi connectivity index (χ2n) is 2.97. The number of carbonyl (C=O) groups is 1. The summed E-state index contributed by atoms with van der Waals surface area (Å²) >= 11 is 0. The van der Waals surface area contributed by atoms with E-state index in [4.69, 9.17) is 0 Å². The number of hydrogen-bond donors (Lipinski definition) is 0. The highest BCUT2D eigenvalue weighted by Gasteiger charge is 2.17. The zero-order valence-corrected chi connectivity index (χ0v) is 8.77. The molecule has 0 aliphatic heterocycles. The summed E-state index contributed by atoms with van der Waals surface area (Å²) in [5.41, 5.74) is -0.962. The first kappa shape index (κ1) is 13.2. The van der Waals surface area contributed by atoms with E-state index < -0.39 is 34.8 Å². The summed E-state index contributed by atoms with van der Waals surface area (Å²) in [4.78, 5) is 10.9. The number of hydrogen-bond acceptors (Lipinski definition) is 2. The normalized spacial score (nSPS) is 10.9. The van der Waals surface area contributed by atoms with Gasteiger partial charge >= 0.3 is 5.97 Å². The monoisotopic (exact) mass is 248 g/mol. The van der Waals surface area contributed by atoms with E-state index in [0.29, 0.717) is 12.2 Å². The molecule has 0 aromatic heterocycles. The quantitative estimate of drug-likeness (QED) is 0.356.